The van der Waals surface area contributed by atoms with E-state index < -0.39 is 11.6 Å². The Balaban J connectivity index is 1.94. The molecule has 0 atom stereocenters. The van der Waals surface area contributed by atoms with E-state index in [0.29, 0.717) is 6.54 Å². The van der Waals surface area contributed by atoms with Gasteiger partial charge < -0.3 is 14.7 Å². The highest BCUT2D eigenvalue weighted by Crippen LogP contribution is 2.15. The minimum atomic E-state index is -0.541. The van der Waals surface area contributed by atoms with Crippen molar-refractivity contribution in [2.45, 2.75) is 26.4 Å². The molecule has 1 fully saturated rings. The van der Waals surface area contributed by atoms with Gasteiger partial charge in [0.25, 0.3) is 0 Å². The van der Waals surface area contributed by atoms with Gasteiger partial charge in [-0.05, 0) is 32.9 Å². The summed E-state index contributed by atoms with van der Waals surface area (Å²) in [7, 11) is 0. The van der Waals surface area contributed by atoms with Crippen LogP contribution in [0.25, 0.3) is 0 Å². The van der Waals surface area contributed by atoms with Crippen LogP contribution in [-0.2, 0) is 4.74 Å². The van der Waals surface area contributed by atoms with Gasteiger partial charge in [-0.2, -0.15) is 0 Å². The van der Waals surface area contributed by atoms with Crippen molar-refractivity contribution in [1.29, 1.82) is 0 Å². The van der Waals surface area contributed by atoms with Gasteiger partial charge in [-0.25, -0.2) is 4.79 Å². The predicted octanol–water partition coefficient (Wildman–Crippen LogP) is 0.546. The summed E-state index contributed by atoms with van der Waals surface area (Å²) in [4.78, 5) is 16.2. The van der Waals surface area contributed by atoms with Gasteiger partial charge in [0.1, 0.15) is 5.60 Å². The summed E-state index contributed by atoms with van der Waals surface area (Å²) in [6, 6.07) is 3.45. The number of carbonyl (C=O) groups excluding carboxylic acids is 1. The van der Waals surface area contributed by atoms with E-state index in [1.807, 2.05) is 20.8 Å². The second-order valence-electron chi connectivity index (χ2n) is 6.33. The highest BCUT2D eigenvalue weighted by atomic mass is 16.6. The van der Waals surface area contributed by atoms with E-state index in [4.69, 9.17) is 9.84 Å². The van der Waals surface area contributed by atoms with Gasteiger partial charge in [-0.1, -0.05) is 0 Å². The zero-order chi connectivity index (χ0) is 16.2. The minimum Gasteiger partial charge on any atom is -0.455 e. The normalized spacial score (nSPS) is 16.6. The quantitative estimate of drug-likeness (QED) is 0.814. The van der Waals surface area contributed by atoms with Crippen molar-refractivity contribution in [3.63, 3.8) is 0 Å². The fourth-order valence-corrected chi connectivity index (χ4v) is 2.28. The van der Waals surface area contributed by atoms with E-state index in [-0.39, 0.29) is 12.3 Å². The van der Waals surface area contributed by atoms with E-state index >= 15 is 0 Å². The lowest BCUT2D eigenvalue weighted by molar-refractivity contribution is 0.00616. The van der Waals surface area contributed by atoms with Crippen molar-refractivity contribution < 1.29 is 14.6 Å². The SMILES string of the molecule is CC(C)(C)OC(=O)c1ccc(N2CCN(CCO)CC2)nn1. The lowest BCUT2D eigenvalue weighted by Crippen LogP contribution is -2.47. The third kappa shape index (κ3) is 4.64. The molecule has 0 unspecified atom stereocenters. The number of carbonyl (C=O) groups is 1. The summed E-state index contributed by atoms with van der Waals surface area (Å²) >= 11 is 0. The van der Waals surface area contributed by atoms with Crippen molar-refractivity contribution in [3.05, 3.63) is 17.8 Å². The van der Waals surface area contributed by atoms with Crippen LogP contribution in [0.2, 0.25) is 0 Å². The van der Waals surface area contributed by atoms with Crippen LogP contribution in [0.1, 0.15) is 31.3 Å². The van der Waals surface area contributed by atoms with E-state index in [1.165, 1.54) is 0 Å². The Labute approximate surface area is 130 Å². The predicted molar refractivity (Wildman–Crippen MR) is 82.9 cm³/mol. The molecule has 0 radical (unpaired) electrons. The average Bonchev–Trinajstić information content (AvgIpc) is 2.47. The molecule has 0 aromatic carbocycles. The number of esters is 1. The fraction of sp³-hybridized carbons (Fsp3) is 0.667. The summed E-state index contributed by atoms with van der Waals surface area (Å²) < 4.78 is 5.26. The van der Waals surface area contributed by atoms with Crippen LogP contribution in [-0.4, -0.2) is 71.1 Å². The Hall–Kier alpha value is -1.73. The number of piperazine rings is 1. The number of hydrogen-bond donors (Lipinski definition) is 1. The largest absolute Gasteiger partial charge is 0.455 e. The molecule has 0 aliphatic carbocycles. The standard InChI is InChI=1S/C15H24N4O3/c1-15(2,3)22-14(21)12-4-5-13(17-16-12)19-8-6-18(7-9-19)10-11-20/h4-5,20H,6-11H2,1-3H3. The molecule has 7 nitrogen and oxygen atoms in total. The highest BCUT2D eigenvalue weighted by molar-refractivity contribution is 5.87. The summed E-state index contributed by atoms with van der Waals surface area (Å²) in [5, 5.41) is 17.0. The molecule has 0 saturated carbocycles. The number of ether oxygens (including phenoxy) is 1. The molecule has 7 heteroatoms. The summed E-state index contributed by atoms with van der Waals surface area (Å²) in [6.07, 6.45) is 0. The van der Waals surface area contributed by atoms with Gasteiger partial charge in [0.15, 0.2) is 11.5 Å². The van der Waals surface area contributed by atoms with Crippen molar-refractivity contribution in [3.8, 4) is 0 Å². The molecule has 1 aromatic rings. The maximum atomic E-state index is 11.9. The molecule has 1 aromatic heterocycles. The molecular formula is C15H24N4O3. The van der Waals surface area contributed by atoms with Gasteiger partial charge in [0.2, 0.25) is 0 Å². The number of anilines is 1. The Morgan fingerprint density at radius 3 is 2.41 bits per heavy atom. The third-order valence-electron chi connectivity index (χ3n) is 3.37. The summed E-state index contributed by atoms with van der Waals surface area (Å²) in [5.74, 6) is 0.301. The second kappa shape index (κ2) is 7.02. The average molecular weight is 308 g/mol. The fourth-order valence-electron chi connectivity index (χ4n) is 2.28. The maximum absolute atomic E-state index is 11.9. The Kier molecular flexibility index (Phi) is 5.31. The van der Waals surface area contributed by atoms with Crippen molar-refractivity contribution in [2.75, 3.05) is 44.2 Å². The first-order chi connectivity index (χ1) is 10.4. The molecular weight excluding hydrogens is 284 g/mol. The van der Waals surface area contributed by atoms with Gasteiger partial charge in [-0.15, -0.1) is 10.2 Å². The van der Waals surface area contributed by atoms with Crippen LogP contribution in [0, 0.1) is 0 Å². The van der Waals surface area contributed by atoms with Crippen molar-refractivity contribution in [2.24, 2.45) is 0 Å². The molecule has 1 N–H and O–H groups in total. The number of β-amino-alcohol motifs (C(OH)–C–C–N with tert-alkyl or cyclic N) is 1. The van der Waals surface area contributed by atoms with Crippen LogP contribution in [0.5, 0.6) is 0 Å². The maximum Gasteiger partial charge on any atom is 0.359 e. The molecule has 0 amide bonds. The number of aliphatic hydroxyl groups excluding tert-OH is 1. The Bertz CT molecular complexity index is 491. The molecule has 122 valence electrons. The zero-order valence-corrected chi connectivity index (χ0v) is 13.4. The molecule has 1 aliphatic rings. The molecule has 22 heavy (non-hydrogen) atoms. The molecule has 1 aliphatic heterocycles. The minimum absolute atomic E-state index is 0.185. The van der Waals surface area contributed by atoms with Crippen molar-refractivity contribution in [1.82, 2.24) is 15.1 Å². The molecule has 0 spiro atoms. The van der Waals surface area contributed by atoms with Crippen molar-refractivity contribution >= 4 is 11.8 Å². The van der Waals surface area contributed by atoms with E-state index in [2.05, 4.69) is 20.0 Å². The van der Waals surface area contributed by atoms with Crippen LogP contribution in [0.3, 0.4) is 0 Å². The van der Waals surface area contributed by atoms with Crippen LogP contribution in [0.15, 0.2) is 12.1 Å². The van der Waals surface area contributed by atoms with Crippen LogP contribution < -0.4 is 4.90 Å². The number of aliphatic hydroxyl groups is 1. The Morgan fingerprint density at radius 2 is 1.91 bits per heavy atom. The van der Waals surface area contributed by atoms with Gasteiger partial charge in [0, 0.05) is 32.7 Å². The lowest BCUT2D eigenvalue weighted by atomic mass is 10.2. The first-order valence-corrected chi connectivity index (χ1v) is 7.54. The van der Waals surface area contributed by atoms with Crippen LogP contribution >= 0.6 is 0 Å². The Morgan fingerprint density at radius 1 is 1.23 bits per heavy atom. The number of aromatic nitrogens is 2. The number of nitrogens with zero attached hydrogens (tertiary/aromatic N) is 4. The van der Waals surface area contributed by atoms with Crippen LogP contribution in [0.4, 0.5) is 5.82 Å². The molecule has 1 saturated heterocycles. The first kappa shape index (κ1) is 16.6. The third-order valence-corrected chi connectivity index (χ3v) is 3.37. The molecule has 2 rings (SSSR count). The second-order valence-corrected chi connectivity index (χ2v) is 6.33. The lowest BCUT2D eigenvalue weighted by Gasteiger charge is -2.34. The van der Waals surface area contributed by atoms with Gasteiger partial charge >= 0.3 is 5.97 Å². The summed E-state index contributed by atoms with van der Waals surface area (Å²) in [6.45, 7) is 9.78. The highest BCUT2D eigenvalue weighted by Gasteiger charge is 2.21. The van der Waals surface area contributed by atoms with Gasteiger partial charge in [-0.3, -0.25) is 4.90 Å². The smallest absolute Gasteiger partial charge is 0.359 e. The molecule has 2 heterocycles. The molecule has 0 bridgehead atoms. The first-order valence-electron chi connectivity index (χ1n) is 7.54. The van der Waals surface area contributed by atoms with E-state index in [0.717, 1.165) is 32.0 Å². The monoisotopic (exact) mass is 308 g/mol. The zero-order valence-electron chi connectivity index (χ0n) is 13.4. The number of rotatable bonds is 4. The van der Waals surface area contributed by atoms with E-state index in [9.17, 15) is 4.79 Å². The van der Waals surface area contributed by atoms with E-state index in [1.54, 1.807) is 12.1 Å². The summed E-state index contributed by atoms with van der Waals surface area (Å²) in [5.41, 5.74) is -0.321. The number of hydrogen-bond acceptors (Lipinski definition) is 7. The topological polar surface area (TPSA) is 78.8 Å². The van der Waals surface area contributed by atoms with Gasteiger partial charge in [0.05, 0.1) is 6.61 Å².